The standard InChI is InChI=1S/C27H33F3N6O2/c28-27(29,30)19-1-3-22(4-2-19)36-13-9-23(10-14-36)38-24-5-6-25(32-16-24)26(37)34-20-7-11-35(12-8-20)17-21-15-31-18-33-21/h1-6,15-16,20,23,31,33H,7-14,17-18H2,(H,34,37). The Morgan fingerprint density at radius 2 is 1.76 bits per heavy atom. The average molecular weight is 531 g/mol. The van der Waals surface area contributed by atoms with Crippen molar-refractivity contribution in [2.75, 3.05) is 44.3 Å². The molecule has 2 saturated heterocycles. The van der Waals surface area contributed by atoms with Gasteiger partial charge in [-0.1, -0.05) is 0 Å². The van der Waals surface area contributed by atoms with E-state index < -0.39 is 11.7 Å². The van der Waals surface area contributed by atoms with E-state index in [0.29, 0.717) is 24.5 Å². The number of carbonyl (C=O) groups excluding carboxylic acids is 1. The Bertz CT molecular complexity index is 1110. The number of aromatic nitrogens is 1. The van der Waals surface area contributed by atoms with Gasteiger partial charge in [0.25, 0.3) is 5.91 Å². The zero-order valence-corrected chi connectivity index (χ0v) is 21.1. The van der Waals surface area contributed by atoms with E-state index in [-0.39, 0.29) is 18.1 Å². The minimum absolute atomic E-state index is 0.0154. The van der Waals surface area contributed by atoms with Gasteiger partial charge < -0.3 is 25.6 Å². The summed E-state index contributed by atoms with van der Waals surface area (Å²) in [6.45, 7) is 4.92. The Morgan fingerprint density at radius 3 is 2.37 bits per heavy atom. The summed E-state index contributed by atoms with van der Waals surface area (Å²) in [6, 6.07) is 8.86. The number of pyridine rings is 1. The molecule has 0 spiro atoms. The fraction of sp³-hybridized carbons (Fsp3) is 0.481. The lowest BCUT2D eigenvalue weighted by atomic mass is 10.0. The number of alkyl halides is 3. The van der Waals surface area contributed by atoms with Crippen LogP contribution in [0.15, 0.2) is 54.5 Å². The van der Waals surface area contributed by atoms with E-state index in [9.17, 15) is 18.0 Å². The molecule has 0 aliphatic carbocycles. The zero-order valence-electron chi connectivity index (χ0n) is 21.1. The molecule has 204 valence electrons. The predicted octanol–water partition coefficient (Wildman–Crippen LogP) is 3.33. The Balaban J connectivity index is 1.04. The smallest absolute Gasteiger partial charge is 0.416 e. The Labute approximate surface area is 220 Å². The number of hydrogen-bond acceptors (Lipinski definition) is 7. The molecule has 0 bridgehead atoms. The first kappa shape index (κ1) is 26.1. The Kier molecular flexibility index (Phi) is 7.92. The van der Waals surface area contributed by atoms with Crippen LogP contribution in [-0.2, 0) is 6.18 Å². The third-order valence-corrected chi connectivity index (χ3v) is 7.28. The van der Waals surface area contributed by atoms with Gasteiger partial charge in [-0.25, -0.2) is 4.98 Å². The predicted molar refractivity (Wildman–Crippen MR) is 138 cm³/mol. The summed E-state index contributed by atoms with van der Waals surface area (Å²) in [4.78, 5) is 21.5. The first-order chi connectivity index (χ1) is 18.3. The van der Waals surface area contributed by atoms with Gasteiger partial charge in [0.2, 0.25) is 0 Å². The number of hydrogen-bond donors (Lipinski definition) is 3. The van der Waals surface area contributed by atoms with Crippen molar-refractivity contribution in [1.82, 2.24) is 25.8 Å². The topological polar surface area (TPSA) is 81.8 Å². The zero-order chi connectivity index (χ0) is 26.5. The van der Waals surface area contributed by atoms with Crippen LogP contribution in [0.3, 0.4) is 0 Å². The van der Waals surface area contributed by atoms with Crippen LogP contribution in [0.25, 0.3) is 0 Å². The summed E-state index contributed by atoms with van der Waals surface area (Å²) in [6.07, 6.45) is 2.54. The van der Waals surface area contributed by atoms with Crippen molar-refractivity contribution in [3.8, 4) is 5.75 Å². The molecule has 2 aromatic rings. The van der Waals surface area contributed by atoms with Gasteiger partial charge in [-0.15, -0.1) is 0 Å². The number of halogens is 3. The highest BCUT2D eigenvalue weighted by Gasteiger charge is 2.30. The summed E-state index contributed by atoms with van der Waals surface area (Å²) >= 11 is 0. The monoisotopic (exact) mass is 530 g/mol. The molecule has 0 atom stereocenters. The van der Waals surface area contributed by atoms with Crippen LogP contribution in [0, 0.1) is 0 Å². The number of carbonyl (C=O) groups is 1. The van der Waals surface area contributed by atoms with E-state index in [1.165, 1.54) is 17.8 Å². The molecule has 1 aromatic carbocycles. The van der Waals surface area contributed by atoms with Crippen molar-refractivity contribution in [1.29, 1.82) is 0 Å². The lowest BCUT2D eigenvalue weighted by Crippen LogP contribution is -2.45. The normalized spacial score (nSPS) is 19.4. The number of ether oxygens (including phenoxy) is 1. The molecule has 1 amide bonds. The molecule has 3 aliphatic rings. The van der Waals surface area contributed by atoms with Crippen molar-refractivity contribution < 1.29 is 22.7 Å². The van der Waals surface area contributed by atoms with Crippen LogP contribution < -0.4 is 25.6 Å². The fourth-order valence-electron chi connectivity index (χ4n) is 5.10. The quantitative estimate of drug-likeness (QED) is 0.507. The molecule has 0 saturated carbocycles. The van der Waals surface area contributed by atoms with Crippen molar-refractivity contribution in [2.24, 2.45) is 0 Å². The number of rotatable bonds is 7. The van der Waals surface area contributed by atoms with Gasteiger partial charge in [-0.3, -0.25) is 9.69 Å². The molecule has 2 fully saturated rings. The van der Waals surface area contributed by atoms with Crippen LogP contribution in [0.2, 0.25) is 0 Å². The van der Waals surface area contributed by atoms with Crippen LogP contribution >= 0.6 is 0 Å². The maximum atomic E-state index is 12.8. The number of amides is 1. The van der Waals surface area contributed by atoms with Crippen molar-refractivity contribution in [2.45, 2.75) is 44.0 Å². The van der Waals surface area contributed by atoms with Crippen LogP contribution in [0.4, 0.5) is 18.9 Å². The van der Waals surface area contributed by atoms with Gasteiger partial charge in [0.05, 0.1) is 18.4 Å². The highest BCUT2D eigenvalue weighted by molar-refractivity contribution is 5.92. The first-order valence-corrected chi connectivity index (χ1v) is 13.1. The maximum absolute atomic E-state index is 12.8. The van der Waals surface area contributed by atoms with E-state index in [1.807, 2.05) is 6.20 Å². The Hall–Kier alpha value is -3.47. The first-order valence-electron chi connectivity index (χ1n) is 13.1. The number of nitrogens with zero attached hydrogens (tertiary/aromatic N) is 3. The van der Waals surface area contributed by atoms with Crippen LogP contribution in [-0.4, -0.2) is 67.3 Å². The molecule has 5 rings (SSSR count). The molecular weight excluding hydrogens is 497 g/mol. The molecule has 1 aromatic heterocycles. The molecule has 3 aliphatic heterocycles. The molecule has 0 unspecified atom stereocenters. The highest BCUT2D eigenvalue weighted by atomic mass is 19.4. The SMILES string of the molecule is O=C(NC1CCN(CC2=CNCN2)CC1)c1ccc(OC2CCN(c3ccc(C(F)(F)F)cc3)CC2)cn1. The number of likely N-dealkylation sites (tertiary alicyclic amines) is 1. The van der Waals surface area contributed by atoms with Gasteiger partial charge in [-0.2, -0.15) is 13.2 Å². The lowest BCUT2D eigenvalue weighted by Gasteiger charge is -2.33. The summed E-state index contributed by atoms with van der Waals surface area (Å²) in [5.74, 6) is 0.427. The van der Waals surface area contributed by atoms with Crippen LogP contribution in [0.5, 0.6) is 5.75 Å². The van der Waals surface area contributed by atoms with Gasteiger partial charge in [-0.05, 0) is 49.2 Å². The van der Waals surface area contributed by atoms with E-state index >= 15 is 0 Å². The molecule has 0 radical (unpaired) electrons. The van der Waals surface area contributed by atoms with E-state index in [4.69, 9.17) is 4.74 Å². The summed E-state index contributed by atoms with van der Waals surface area (Å²) in [7, 11) is 0. The largest absolute Gasteiger partial charge is 0.489 e. The minimum atomic E-state index is -4.33. The molecule has 38 heavy (non-hydrogen) atoms. The van der Waals surface area contributed by atoms with Gasteiger partial charge in [0.15, 0.2) is 0 Å². The van der Waals surface area contributed by atoms with Crippen molar-refractivity contribution in [3.05, 3.63) is 65.7 Å². The van der Waals surface area contributed by atoms with Gasteiger partial charge >= 0.3 is 6.18 Å². The number of anilines is 1. The van der Waals surface area contributed by atoms with Gasteiger partial charge in [0, 0.05) is 69.2 Å². The molecule has 8 nitrogen and oxygen atoms in total. The van der Waals surface area contributed by atoms with E-state index in [1.54, 1.807) is 18.3 Å². The number of nitrogens with one attached hydrogen (secondary N) is 3. The summed E-state index contributed by atoms with van der Waals surface area (Å²) in [5.41, 5.74) is 1.70. The second-order valence-electron chi connectivity index (χ2n) is 9.98. The highest BCUT2D eigenvalue weighted by Crippen LogP contribution is 2.31. The van der Waals surface area contributed by atoms with Crippen molar-refractivity contribution >= 4 is 11.6 Å². The number of piperidine rings is 2. The molecular formula is C27H33F3N6O2. The fourth-order valence-corrected chi connectivity index (χ4v) is 5.10. The van der Waals surface area contributed by atoms with Crippen molar-refractivity contribution in [3.63, 3.8) is 0 Å². The molecule has 4 heterocycles. The lowest BCUT2D eigenvalue weighted by molar-refractivity contribution is -0.137. The second-order valence-corrected chi connectivity index (χ2v) is 9.98. The molecule has 11 heteroatoms. The van der Waals surface area contributed by atoms with E-state index in [0.717, 1.165) is 69.8 Å². The maximum Gasteiger partial charge on any atom is 0.416 e. The third-order valence-electron chi connectivity index (χ3n) is 7.28. The third kappa shape index (κ3) is 6.69. The molecule has 3 N–H and O–H groups in total. The average Bonchev–Trinajstić information content (AvgIpc) is 3.43. The minimum Gasteiger partial charge on any atom is -0.489 e. The number of benzene rings is 1. The second kappa shape index (κ2) is 11.5. The summed E-state index contributed by atoms with van der Waals surface area (Å²) < 4.78 is 44.5. The van der Waals surface area contributed by atoms with Gasteiger partial charge in [0.1, 0.15) is 17.5 Å². The van der Waals surface area contributed by atoms with Crippen LogP contribution in [0.1, 0.15) is 41.7 Å². The Morgan fingerprint density at radius 1 is 1.03 bits per heavy atom. The summed E-state index contributed by atoms with van der Waals surface area (Å²) in [5, 5.41) is 9.55. The van der Waals surface area contributed by atoms with E-state index in [2.05, 4.69) is 30.7 Å².